The van der Waals surface area contributed by atoms with Crippen molar-refractivity contribution >= 4 is 17.7 Å². The van der Waals surface area contributed by atoms with Crippen molar-refractivity contribution < 1.29 is 4.79 Å². The summed E-state index contributed by atoms with van der Waals surface area (Å²) in [5.74, 6) is 2.63. The van der Waals surface area contributed by atoms with Crippen LogP contribution in [0.5, 0.6) is 0 Å². The average Bonchev–Trinajstić information content (AvgIpc) is 2.77. The largest absolute Gasteiger partial charge is 0.356 e. The Kier molecular flexibility index (Phi) is 6.88. The van der Waals surface area contributed by atoms with Gasteiger partial charge in [-0.1, -0.05) is 6.92 Å². The molecule has 1 aliphatic rings. The Balaban J connectivity index is 2.01. The van der Waals surface area contributed by atoms with Gasteiger partial charge in [-0.25, -0.2) is 0 Å². The maximum atomic E-state index is 11.6. The minimum atomic E-state index is 0.222. The highest BCUT2D eigenvalue weighted by atomic mass is 32.2. The van der Waals surface area contributed by atoms with Gasteiger partial charge in [-0.3, -0.25) is 4.79 Å². The van der Waals surface area contributed by atoms with Crippen LogP contribution >= 0.6 is 11.8 Å². The van der Waals surface area contributed by atoms with Gasteiger partial charge in [0.15, 0.2) is 0 Å². The first-order chi connectivity index (χ1) is 7.72. The second-order valence-corrected chi connectivity index (χ2v) is 5.67. The number of hydrogen-bond donors (Lipinski definition) is 2. The second kappa shape index (κ2) is 7.96. The summed E-state index contributed by atoms with van der Waals surface area (Å²) in [5, 5.41) is 6.35. The fourth-order valence-corrected chi connectivity index (χ4v) is 2.70. The fourth-order valence-electron chi connectivity index (χ4n) is 2.02. The first kappa shape index (κ1) is 13.8. The summed E-state index contributed by atoms with van der Waals surface area (Å²) in [7, 11) is 0. The van der Waals surface area contributed by atoms with Crippen molar-refractivity contribution in [1.82, 2.24) is 10.6 Å². The van der Waals surface area contributed by atoms with E-state index in [9.17, 15) is 4.79 Å². The lowest BCUT2D eigenvalue weighted by Crippen LogP contribution is -2.29. The Morgan fingerprint density at radius 1 is 1.62 bits per heavy atom. The molecule has 0 aromatic rings. The minimum absolute atomic E-state index is 0.222. The molecule has 2 unspecified atom stereocenters. The smallest absolute Gasteiger partial charge is 0.220 e. The summed E-state index contributed by atoms with van der Waals surface area (Å²) in [6.45, 7) is 5.22. The molecule has 0 bridgehead atoms. The summed E-state index contributed by atoms with van der Waals surface area (Å²) in [6.07, 6.45) is 5.07. The van der Waals surface area contributed by atoms with Crippen LogP contribution < -0.4 is 10.6 Å². The fraction of sp³-hybridized carbons (Fsp3) is 0.917. The van der Waals surface area contributed by atoms with E-state index < -0.39 is 0 Å². The minimum Gasteiger partial charge on any atom is -0.356 e. The zero-order valence-electron chi connectivity index (χ0n) is 10.4. The van der Waals surface area contributed by atoms with E-state index in [2.05, 4.69) is 23.8 Å². The lowest BCUT2D eigenvalue weighted by atomic mass is 10.0. The van der Waals surface area contributed by atoms with Crippen LogP contribution in [0.25, 0.3) is 0 Å². The molecule has 1 fully saturated rings. The van der Waals surface area contributed by atoms with Gasteiger partial charge < -0.3 is 10.6 Å². The second-order valence-electron chi connectivity index (χ2n) is 4.76. The molecule has 1 aliphatic heterocycles. The molecule has 94 valence electrons. The molecule has 1 rings (SSSR count). The van der Waals surface area contributed by atoms with E-state index in [-0.39, 0.29) is 5.91 Å². The van der Waals surface area contributed by atoms with Crippen molar-refractivity contribution in [3.8, 4) is 0 Å². The lowest BCUT2D eigenvalue weighted by Gasteiger charge is -2.12. The quantitative estimate of drug-likeness (QED) is 0.713. The SMILES string of the molecule is CSCC(C)CNC(=O)CCC1CCNC1. The number of rotatable bonds is 7. The van der Waals surface area contributed by atoms with E-state index in [1.54, 1.807) is 0 Å². The Morgan fingerprint density at radius 2 is 2.44 bits per heavy atom. The van der Waals surface area contributed by atoms with Gasteiger partial charge in [0.25, 0.3) is 0 Å². The van der Waals surface area contributed by atoms with Crippen molar-refractivity contribution in [2.75, 3.05) is 31.6 Å². The van der Waals surface area contributed by atoms with Crippen molar-refractivity contribution in [3.05, 3.63) is 0 Å². The molecule has 4 heteroatoms. The molecule has 0 aromatic carbocycles. The molecule has 2 atom stereocenters. The molecule has 0 aromatic heterocycles. The van der Waals surface area contributed by atoms with Gasteiger partial charge in [0.2, 0.25) is 5.91 Å². The van der Waals surface area contributed by atoms with E-state index in [0.717, 1.165) is 37.7 Å². The number of amides is 1. The van der Waals surface area contributed by atoms with Gasteiger partial charge in [0.1, 0.15) is 0 Å². The average molecular weight is 244 g/mol. The third-order valence-corrected chi connectivity index (χ3v) is 3.94. The number of hydrogen-bond acceptors (Lipinski definition) is 3. The zero-order chi connectivity index (χ0) is 11.8. The Labute approximate surface area is 103 Å². The van der Waals surface area contributed by atoms with Crippen molar-refractivity contribution in [2.45, 2.75) is 26.2 Å². The summed E-state index contributed by atoms with van der Waals surface area (Å²) >= 11 is 1.84. The van der Waals surface area contributed by atoms with Crippen molar-refractivity contribution in [3.63, 3.8) is 0 Å². The molecule has 1 heterocycles. The molecule has 1 saturated heterocycles. The van der Waals surface area contributed by atoms with Gasteiger partial charge in [0.05, 0.1) is 0 Å². The predicted octanol–water partition coefficient (Wildman–Crippen LogP) is 1.49. The molecule has 3 nitrogen and oxygen atoms in total. The van der Waals surface area contributed by atoms with E-state index >= 15 is 0 Å². The summed E-state index contributed by atoms with van der Waals surface area (Å²) in [5.41, 5.74) is 0. The van der Waals surface area contributed by atoms with Crippen LogP contribution in [0.15, 0.2) is 0 Å². The summed E-state index contributed by atoms with van der Waals surface area (Å²) < 4.78 is 0. The Morgan fingerprint density at radius 3 is 3.06 bits per heavy atom. The highest BCUT2D eigenvalue weighted by Gasteiger charge is 2.15. The van der Waals surface area contributed by atoms with Gasteiger partial charge in [-0.15, -0.1) is 0 Å². The molecule has 16 heavy (non-hydrogen) atoms. The Bertz CT molecular complexity index is 205. The Hall–Kier alpha value is -0.220. The van der Waals surface area contributed by atoms with E-state index in [0.29, 0.717) is 12.3 Å². The standard InChI is InChI=1S/C12H24N2OS/c1-10(9-16-2)7-14-12(15)4-3-11-5-6-13-8-11/h10-11,13H,3-9H2,1-2H3,(H,14,15). The zero-order valence-corrected chi connectivity index (χ0v) is 11.2. The van der Waals surface area contributed by atoms with Crippen LogP contribution in [0.1, 0.15) is 26.2 Å². The van der Waals surface area contributed by atoms with Crippen LogP contribution in [-0.2, 0) is 4.79 Å². The number of thioether (sulfide) groups is 1. The first-order valence-corrected chi connectivity index (χ1v) is 7.58. The number of carbonyl (C=O) groups excluding carboxylic acids is 1. The van der Waals surface area contributed by atoms with Crippen LogP contribution in [0.3, 0.4) is 0 Å². The summed E-state index contributed by atoms with van der Waals surface area (Å²) in [6, 6.07) is 0. The highest BCUT2D eigenvalue weighted by molar-refractivity contribution is 7.98. The molecule has 0 radical (unpaired) electrons. The molecule has 0 aliphatic carbocycles. The maximum Gasteiger partial charge on any atom is 0.220 e. The van der Waals surface area contributed by atoms with Crippen LogP contribution in [0, 0.1) is 11.8 Å². The molecule has 2 N–H and O–H groups in total. The van der Waals surface area contributed by atoms with Gasteiger partial charge in [0, 0.05) is 13.0 Å². The third-order valence-electron chi connectivity index (χ3n) is 3.04. The molecular weight excluding hydrogens is 220 g/mol. The monoisotopic (exact) mass is 244 g/mol. The van der Waals surface area contributed by atoms with Gasteiger partial charge >= 0.3 is 0 Å². The molecule has 0 saturated carbocycles. The van der Waals surface area contributed by atoms with E-state index in [1.165, 1.54) is 6.42 Å². The van der Waals surface area contributed by atoms with Crippen molar-refractivity contribution in [2.24, 2.45) is 11.8 Å². The lowest BCUT2D eigenvalue weighted by molar-refractivity contribution is -0.121. The van der Waals surface area contributed by atoms with Crippen LogP contribution in [-0.4, -0.2) is 37.6 Å². The van der Waals surface area contributed by atoms with Crippen LogP contribution in [0.4, 0.5) is 0 Å². The molecule has 0 spiro atoms. The maximum absolute atomic E-state index is 11.6. The predicted molar refractivity (Wildman–Crippen MR) is 70.8 cm³/mol. The van der Waals surface area contributed by atoms with Gasteiger partial charge in [-0.05, 0) is 49.8 Å². The third kappa shape index (κ3) is 5.75. The highest BCUT2D eigenvalue weighted by Crippen LogP contribution is 2.14. The normalized spacial score (nSPS) is 22.0. The number of carbonyl (C=O) groups is 1. The topological polar surface area (TPSA) is 41.1 Å². The number of nitrogens with one attached hydrogen (secondary N) is 2. The van der Waals surface area contributed by atoms with E-state index in [4.69, 9.17) is 0 Å². The van der Waals surface area contributed by atoms with Gasteiger partial charge in [-0.2, -0.15) is 11.8 Å². The van der Waals surface area contributed by atoms with E-state index in [1.807, 2.05) is 11.8 Å². The molecule has 1 amide bonds. The first-order valence-electron chi connectivity index (χ1n) is 6.18. The summed E-state index contributed by atoms with van der Waals surface area (Å²) in [4.78, 5) is 11.6. The van der Waals surface area contributed by atoms with Crippen molar-refractivity contribution in [1.29, 1.82) is 0 Å². The van der Waals surface area contributed by atoms with Crippen LogP contribution in [0.2, 0.25) is 0 Å². The molecular formula is C12H24N2OS.